The zero-order valence-electron chi connectivity index (χ0n) is 22.9. The van der Waals surface area contributed by atoms with Crippen LogP contribution in [0.1, 0.15) is 39.2 Å². The Labute approximate surface area is 233 Å². The molecule has 4 aliphatic rings. The summed E-state index contributed by atoms with van der Waals surface area (Å²) in [5.41, 5.74) is 0.616. The number of ether oxygens (including phenoxy) is 5. The van der Waals surface area contributed by atoms with Crippen molar-refractivity contribution in [1.29, 1.82) is 0 Å². The molecule has 0 bridgehead atoms. The van der Waals surface area contributed by atoms with Gasteiger partial charge in [0.15, 0.2) is 12.6 Å². The first-order valence-electron chi connectivity index (χ1n) is 13.9. The average Bonchev–Trinajstić information content (AvgIpc) is 2.94. The summed E-state index contributed by atoms with van der Waals surface area (Å²) in [5, 5.41) is 71.9. The number of hydrogen-bond donors (Lipinski definition) is 7. The normalized spacial score (nSPS) is 46.6. The molecular formula is C28H42O12. The third-order valence-corrected chi connectivity index (χ3v) is 9.59. The molecule has 5 rings (SSSR count). The molecule has 12 heteroatoms. The van der Waals surface area contributed by atoms with Gasteiger partial charge in [0, 0.05) is 16.9 Å². The van der Waals surface area contributed by atoms with Crippen molar-refractivity contribution >= 4 is 0 Å². The average molecular weight is 571 g/mol. The zero-order chi connectivity index (χ0) is 29.0. The minimum absolute atomic E-state index is 0.0928. The van der Waals surface area contributed by atoms with Crippen LogP contribution in [0, 0.1) is 11.3 Å². The van der Waals surface area contributed by atoms with Crippen LogP contribution >= 0.6 is 0 Å². The molecule has 3 heterocycles. The molecule has 13 atom stereocenters. The van der Waals surface area contributed by atoms with E-state index in [1.54, 1.807) is 0 Å². The van der Waals surface area contributed by atoms with Crippen LogP contribution in [-0.4, -0.2) is 123 Å². The van der Waals surface area contributed by atoms with Crippen LogP contribution in [-0.2, 0) is 24.4 Å². The molecule has 3 aliphatic heterocycles. The lowest BCUT2D eigenvalue weighted by Crippen LogP contribution is -2.65. The van der Waals surface area contributed by atoms with Crippen molar-refractivity contribution in [3.63, 3.8) is 0 Å². The Kier molecular flexibility index (Phi) is 8.52. The second kappa shape index (κ2) is 11.3. The summed E-state index contributed by atoms with van der Waals surface area (Å²) in [7, 11) is 0. The molecule has 3 fully saturated rings. The number of fused-ring (bicyclic) bond motifs is 3. The van der Waals surface area contributed by atoms with Gasteiger partial charge in [-0.1, -0.05) is 39.0 Å². The van der Waals surface area contributed by atoms with E-state index in [2.05, 4.69) is 26.8 Å². The Bertz CT molecular complexity index is 1020. The molecule has 1 aliphatic carbocycles. The number of benzene rings is 1. The van der Waals surface area contributed by atoms with Gasteiger partial charge in [-0.25, -0.2) is 0 Å². The SMILES string of the molecule is CC1(C)[C@@H](O[C@@H]2O[C@H](CO)[C@@H](O[C@@H]3O[C@H](CO)[C@@H](O)[C@H](O)[C@H]3O)[C@H](O)[C@H]2O)CC[C@]2(C)c3ccccc3OC[C@H]12. The topological polar surface area (TPSA) is 188 Å². The molecular weight excluding hydrogens is 528 g/mol. The monoisotopic (exact) mass is 570 g/mol. The van der Waals surface area contributed by atoms with Crippen molar-refractivity contribution in [2.45, 2.75) is 107 Å². The lowest BCUT2D eigenvalue weighted by molar-refractivity contribution is -0.367. The van der Waals surface area contributed by atoms with E-state index in [0.717, 1.165) is 17.7 Å². The molecule has 12 nitrogen and oxygen atoms in total. The summed E-state index contributed by atoms with van der Waals surface area (Å²) in [6.07, 6.45) is -13.8. The van der Waals surface area contributed by atoms with Crippen molar-refractivity contribution in [2.75, 3.05) is 19.8 Å². The van der Waals surface area contributed by atoms with E-state index in [1.165, 1.54) is 0 Å². The number of aliphatic hydroxyl groups excluding tert-OH is 7. The van der Waals surface area contributed by atoms with Gasteiger partial charge in [0.2, 0.25) is 0 Å². The van der Waals surface area contributed by atoms with E-state index in [-0.39, 0.29) is 17.4 Å². The quantitative estimate of drug-likeness (QED) is 0.216. The van der Waals surface area contributed by atoms with Gasteiger partial charge in [0.05, 0.1) is 25.9 Å². The fourth-order valence-corrected chi connectivity index (χ4v) is 7.05. The van der Waals surface area contributed by atoms with E-state index < -0.39 is 80.0 Å². The largest absolute Gasteiger partial charge is 0.493 e. The lowest BCUT2D eigenvalue weighted by atomic mass is 9.52. The van der Waals surface area contributed by atoms with Crippen LogP contribution in [0.15, 0.2) is 24.3 Å². The van der Waals surface area contributed by atoms with Gasteiger partial charge in [-0.15, -0.1) is 0 Å². The predicted octanol–water partition coefficient (Wildman–Crippen LogP) is -1.22. The molecule has 0 spiro atoms. The fraction of sp³-hybridized carbons (Fsp3) is 0.786. The van der Waals surface area contributed by atoms with Crippen molar-refractivity contribution in [3.05, 3.63) is 29.8 Å². The Morgan fingerprint density at radius 3 is 2.12 bits per heavy atom. The lowest BCUT2D eigenvalue weighted by Gasteiger charge is -2.57. The van der Waals surface area contributed by atoms with Gasteiger partial charge in [0.25, 0.3) is 0 Å². The van der Waals surface area contributed by atoms with Crippen LogP contribution in [0.3, 0.4) is 0 Å². The molecule has 7 N–H and O–H groups in total. The Morgan fingerprint density at radius 2 is 1.43 bits per heavy atom. The summed E-state index contributed by atoms with van der Waals surface area (Å²) >= 11 is 0. The summed E-state index contributed by atoms with van der Waals surface area (Å²) in [4.78, 5) is 0. The summed E-state index contributed by atoms with van der Waals surface area (Å²) in [5.74, 6) is 0.983. The van der Waals surface area contributed by atoms with Gasteiger partial charge < -0.3 is 59.4 Å². The minimum Gasteiger partial charge on any atom is -0.493 e. The van der Waals surface area contributed by atoms with Crippen molar-refractivity contribution in [3.8, 4) is 5.75 Å². The maximum atomic E-state index is 11.0. The highest BCUT2D eigenvalue weighted by Crippen LogP contribution is 2.57. The third kappa shape index (κ3) is 4.96. The van der Waals surface area contributed by atoms with Crippen LogP contribution in [0.2, 0.25) is 0 Å². The van der Waals surface area contributed by atoms with Crippen molar-refractivity contribution < 1.29 is 59.4 Å². The highest BCUT2D eigenvalue weighted by molar-refractivity contribution is 5.43. The van der Waals surface area contributed by atoms with Crippen LogP contribution in [0.25, 0.3) is 0 Å². The molecule has 0 unspecified atom stereocenters. The number of para-hydroxylation sites is 1. The molecule has 0 aromatic heterocycles. The highest BCUT2D eigenvalue weighted by atomic mass is 16.7. The number of rotatable bonds is 6. The van der Waals surface area contributed by atoms with E-state index >= 15 is 0 Å². The first kappa shape index (κ1) is 30.1. The van der Waals surface area contributed by atoms with E-state index in [1.807, 2.05) is 18.2 Å². The molecule has 0 radical (unpaired) electrons. The zero-order valence-corrected chi connectivity index (χ0v) is 22.9. The first-order chi connectivity index (χ1) is 18.9. The van der Waals surface area contributed by atoms with E-state index in [4.69, 9.17) is 23.7 Å². The Morgan fingerprint density at radius 1 is 0.800 bits per heavy atom. The van der Waals surface area contributed by atoms with Gasteiger partial charge in [0.1, 0.15) is 54.6 Å². The summed E-state index contributed by atoms with van der Waals surface area (Å²) in [6, 6.07) is 8.06. The molecule has 1 aromatic rings. The first-order valence-corrected chi connectivity index (χ1v) is 13.9. The molecule has 1 saturated carbocycles. The maximum absolute atomic E-state index is 11.0. The second-order valence-electron chi connectivity index (χ2n) is 12.3. The summed E-state index contributed by atoms with van der Waals surface area (Å²) in [6.45, 7) is 5.66. The number of hydrogen-bond acceptors (Lipinski definition) is 12. The number of aliphatic hydroxyl groups is 7. The van der Waals surface area contributed by atoms with E-state index in [9.17, 15) is 35.7 Å². The Hall–Kier alpha value is -1.42. The highest BCUT2D eigenvalue weighted by Gasteiger charge is 2.57. The smallest absolute Gasteiger partial charge is 0.187 e. The van der Waals surface area contributed by atoms with Crippen LogP contribution in [0.4, 0.5) is 0 Å². The van der Waals surface area contributed by atoms with Crippen molar-refractivity contribution in [2.24, 2.45) is 11.3 Å². The van der Waals surface area contributed by atoms with Crippen LogP contribution < -0.4 is 4.74 Å². The van der Waals surface area contributed by atoms with Gasteiger partial charge in [-0.2, -0.15) is 0 Å². The van der Waals surface area contributed by atoms with E-state index in [0.29, 0.717) is 13.0 Å². The molecule has 40 heavy (non-hydrogen) atoms. The van der Waals surface area contributed by atoms with Gasteiger partial charge >= 0.3 is 0 Å². The predicted molar refractivity (Wildman–Crippen MR) is 137 cm³/mol. The third-order valence-electron chi connectivity index (χ3n) is 9.59. The minimum atomic E-state index is -1.73. The molecule has 0 amide bonds. The summed E-state index contributed by atoms with van der Waals surface area (Å²) < 4.78 is 29.4. The molecule has 226 valence electrons. The van der Waals surface area contributed by atoms with Crippen LogP contribution in [0.5, 0.6) is 5.75 Å². The second-order valence-corrected chi connectivity index (χ2v) is 12.3. The van der Waals surface area contributed by atoms with Gasteiger partial charge in [-0.05, 0) is 24.3 Å². The standard InChI is InChI=1S/C28H42O12/c1-27(2)17-12-36-14-7-5-4-6-13(14)28(17,3)9-8-18(27)39-25-23(35)21(33)24(16(11-30)38-25)40-26-22(34)20(32)19(31)15(10-29)37-26/h4-7,15-26,29-35H,8-12H2,1-3H3/t15-,16-,17-,18+,19-,20+,21-,22-,23-,24-,25+,26+,28-/m1/s1. The molecule has 1 aromatic carbocycles. The van der Waals surface area contributed by atoms with Gasteiger partial charge in [-0.3, -0.25) is 0 Å². The fourth-order valence-electron chi connectivity index (χ4n) is 7.05. The molecule has 2 saturated heterocycles. The Balaban J connectivity index is 1.29. The maximum Gasteiger partial charge on any atom is 0.187 e. The van der Waals surface area contributed by atoms with Crippen molar-refractivity contribution in [1.82, 2.24) is 0 Å².